The molecule has 0 bridgehead atoms. The number of hydrogen-bond donors (Lipinski definition) is 1. The van der Waals surface area contributed by atoms with Gasteiger partial charge in [0.05, 0.1) is 12.5 Å². The van der Waals surface area contributed by atoms with Crippen LogP contribution in [0.25, 0.3) is 0 Å². The number of hydrogen-bond acceptors (Lipinski definition) is 4. The molecule has 2 unspecified atom stereocenters. The van der Waals surface area contributed by atoms with E-state index in [0.29, 0.717) is 19.1 Å². The minimum atomic E-state index is -0.0927. The highest BCUT2D eigenvalue weighted by Gasteiger charge is 2.21. The third-order valence-corrected chi connectivity index (χ3v) is 3.03. The molecule has 2 rings (SSSR count). The Balaban J connectivity index is 1.59. The topological polar surface area (TPSA) is 47.6 Å². The lowest BCUT2D eigenvalue weighted by molar-refractivity contribution is -0.147. The van der Waals surface area contributed by atoms with Crippen LogP contribution in [0.3, 0.4) is 0 Å². The molecule has 0 aromatic carbocycles. The Morgan fingerprint density at radius 1 is 1.40 bits per heavy atom. The van der Waals surface area contributed by atoms with Crippen molar-refractivity contribution in [3.8, 4) is 0 Å². The quantitative estimate of drug-likeness (QED) is 0.703. The van der Waals surface area contributed by atoms with Crippen LogP contribution in [0.15, 0.2) is 0 Å². The molecule has 15 heavy (non-hydrogen) atoms. The fraction of sp³-hybridized carbons (Fsp3) is 0.909. The molecule has 0 aliphatic carbocycles. The summed E-state index contributed by atoms with van der Waals surface area (Å²) in [7, 11) is 0. The molecule has 2 aliphatic rings. The van der Waals surface area contributed by atoms with Crippen LogP contribution < -0.4 is 5.32 Å². The number of ether oxygens (including phenoxy) is 2. The molecule has 2 heterocycles. The predicted molar refractivity (Wildman–Crippen MR) is 55.6 cm³/mol. The highest BCUT2D eigenvalue weighted by molar-refractivity contribution is 5.70. The van der Waals surface area contributed by atoms with Gasteiger partial charge in [-0.3, -0.25) is 4.79 Å². The summed E-state index contributed by atoms with van der Waals surface area (Å²) >= 11 is 0. The highest BCUT2D eigenvalue weighted by atomic mass is 16.6. The number of rotatable bonds is 4. The van der Waals surface area contributed by atoms with Gasteiger partial charge in [-0.2, -0.15) is 0 Å². The van der Waals surface area contributed by atoms with E-state index in [1.54, 1.807) is 0 Å². The second kappa shape index (κ2) is 5.47. The minimum Gasteiger partial charge on any atom is -0.463 e. The molecule has 0 saturated carbocycles. The van der Waals surface area contributed by atoms with Crippen molar-refractivity contribution < 1.29 is 14.3 Å². The van der Waals surface area contributed by atoms with Gasteiger partial charge >= 0.3 is 5.97 Å². The second-order valence-electron chi connectivity index (χ2n) is 4.32. The molecular formula is C11H19NO3. The molecular weight excluding hydrogens is 194 g/mol. The molecule has 2 aliphatic heterocycles. The first-order valence-electron chi connectivity index (χ1n) is 5.85. The van der Waals surface area contributed by atoms with Crippen molar-refractivity contribution >= 4 is 5.97 Å². The van der Waals surface area contributed by atoms with E-state index in [-0.39, 0.29) is 12.1 Å². The highest BCUT2D eigenvalue weighted by Crippen LogP contribution is 2.13. The van der Waals surface area contributed by atoms with E-state index >= 15 is 0 Å². The first kappa shape index (κ1) is 10.9. The van der Waals surface area contributed by atoms with Gasteiger partial charge in [-0.15, -0.1) is 0 Å². The van der Waals surface area contributed by atoms with Gasteiger partial charge in [-0.25, -0.2) is 0 Å². The first-order valence-corrected chi connectivity index (χ1v) is 5.85. The summed E-state index contributed by atoms with van der Waals surface area (Å²) in [5.41, 5.74) is 0. The van der Waals surface area contributed by atoms with Crippen molar-refractivity contribution in [2.24, 2.45) is 0 Å². The summed E-state index contributed by atoms with van der Waals surface area (Å²) in [6.45, 7) is 2.28. The standard InChI is InChI=1S/C11H19NO3/c13-11(7-9-3-1-5-12-9)15-8-10-4-2-6-14-10/h9-10,12H,1-8H2. The van der Waals surface area contributed by atoms with Crippen LogP contribution in [0.1, 0.15) is 32.1 Å². The van der Waals surface area contributed by atoms with E-state index in [4.69, 9.17) is 9.47 Å². The first-order chi connectivity index (χ1) is 7.34. The number of nitrogens with one attached hydrogen (secondary N) is 1. The predicted octanol–water partition coefficient (Wildman–Crippen LogP) is 0.851. The van der Waals surface area contributed by atoms with E-state index in [1.807, 2.05) is 0 Å². The summed E-state index contributed by atoms with van der Waals surface area (Å²) in [4.78, 5) is 11.4. The van der Waals surface area contributed by atoms with Gasteiger partial charge in [0.2, 0.25) is 0 Å². The lowest BCUT2D eigenvalue weighted by atomic mass is 10.2. The molecule has 2 fully saturated rings. The maximum absolute atomic E-state index is 11.4. The summed E-state index contributed by atoms with van der Waals surface area (Å²) in [5, 5.41) is 3.28. The Hall–Kier alpha value is -0.610. The molecule has 1 N–H and O–H groups in total. The van der Waals surface area contributed by atoms with Gasteiger partial charge in [-0.05, 0) is 32.2 Å². The minimum absolute atomic E-state index is 0.0927. The third-order valence-electron chi connectivity index (χ3n) is 3.03. The summed E-state index contributed by atoms with van der Waals surface area (Å²) in [6.07, 6.45) is 5.03. The molecule has 0 aromatic rings. The summed E-state index contributed by atoms with van der Waals surface area (Å²) in [5.74, 6) is -0.0927. The van der Waals surface area contributed by atoms with Gasteiger partial charge in [0.15, 0.2) is 0 Å². The van der Waals surface area contributed by atoms with Gasteiger partial charge in [0.25, 0.3) is 0 Å². The molecule has 0 spiro atoms. The van der Waals surface area contributed by atoms with E-state index < -0.39 is 0 Å². The number of carbonyl (C=O) groups excluding carboxylic acids is 1. The second-order valence-corrected chi connectivity index (χ2v) is 4.32. The van der Waals surface area contributed by atoms with Crippen LogP contribution in [0.4, 0.5) is 0 Å². The molecule has 86 valence electrons. The fourth-order valence-electron chi connectivity index (χ4n) is 2.15. The lowest BCUT2D eigenvalue weighted by Gasteiger charge is -2.12. The molecule has 4 heteroatoms. The van der Waals surface area contributed by atoms with E-state index in [9.17, 15) is 4.79 Å². The Morgan fingerprint density at radius 2 is 2.33 bits per heavy atom. The molecule has 0 amide bonds. The maximum Gasteiger partial charge on any atom is 0.307 e. The van der Waals surface area contributed by atoms with Gasteiger partial charge in [-0.1, -0.05) is 0 Å². The third kappa shape index (κ3) is 3.47. The van der Waals surface area contributed by atoms with Crippen molar-refractivity contribution in [3.63, 3.8) is 0 Å². The number of carbonyl (C=O) groups is 1. The Labute approximate surface area is 90.3 Å². The van der Waals surface area contributed by atoms with Crippen LogP contribution in [0, 0.1) is 0 Å². The zero-order valence-electron chi connectivity index (χ0n) is 9.04. The Kier molecular flexibility index (Phi) is 3.97. The Bertz CT molecular complexity index is 208. The molecule has 0 radical (unpaired) electrons. The average molecular weight is 213 g/mol. The van der Waals surface area contributed by atoms with Crippen LogP contribution in [-0.2, 0) is 14.3 Å². The van der Waals surface area contributed by atoms with Crippen LogP contribution in [0.2, 0.25) is 0 Å². The molecule has 2 atom stereocenters. The average Bonchev–Trinajstić information content (AvgIpc) is 2.86. The molecule has 2 saturated heterocycles. The summed E-state index contributed by atoms with van der Waals surface area (Å²) in [6, 6.07) is 0.335. The zero-order chi connectivity index (χ0) is 10.5. The van der Waals surface area contributed by atoms with Crippen LogP contribution in [-0.4, -0.2) is 37.9 Å². The van der Waals surface area contributed by atoms with Crippen LogP contribution in [0.5, 0.6) is 0 Å². The smallest absolute Gasteiger partial charge is 0.307 e. The molecule has 0 aromatic heterocycles. The summed E-state index contributed by atoms with van der Waals surface area (Å²) < 4.78 is 10.6. The van der Waals surface area contributed by atoms with Crippen molar-refractivity contribution in [3.05, 3.63) is 0 Å². The van der Waals surface area contributed by atoms with Crippen molar-refractivity contribution in [1.29, 1.82) is 0 Å². The molecule has 4 nitrogen and oxygen atoms in total. The Morgan fingerprint density at radius 3 is 3.00 bits per heavy atom. The van der Waals surface area contributed by atoms with Gasteiger partial charge in [0.1, 0.15) is 6.61 Å². The SMILES string of the molecule is O=C(CC1CCCN1)OCC1CCCO1. The van der Waals surface area contributed by atoms with E-state index in [2.05, 4.69) is 5.32 Å². The van der Waals surface area contributed by atoms with Gasteiger partial charge in [0, 0.05) is 12.6 Å². The lowest BCUT2D eigenvalue weighted by Crippen LogP contribution is -2.27. The maximum atomic E-state index is 11.4. The largest absolute Gasteiger partial charge is 0.463 e. The van der Waals surface area contributed by atoms with E-state index in [1.165, 1.54) is 6.42 Å². The van der Waals surface area contributed by atoms with Crippen molar-refractivity contribution in [1.82, 2.24) is 5.32 Å². The fourth-order valence-corrected chi connectivity index (χ4v) is 2.15. The van der Waals surface area contributed by atoms with Crippen LogP contribution >= 0.6 is 0 Å². The number of esters is 1. The van der Waals surface area contributed by atoms with Crippen molar-refractivity contribution in [2.45, 2.75) is 44.2 Å². The monoisotopic (exact) mass is 213 g/mol. The van der Waals surface area contributed by atoms with Crippen molar-refractivity contribution in [2.75, 3.05) is 19.8 Å². The van der Waals surface area contributed by atoms with E-state index in [0.717, 1.165) is 32.4 Å². The zero-order valence-corrected chi connectivity index (χ0v) is 9.04. The van der Waals surface area contributed by atoms with Gasteiger partial charge < -0.3 is 14.8 Å². The normalized spacial score (nSPS) is 30.7.